The molecule has 0 aliphatic carbocycles. The number of benzene rings is 1. The Morgan fingerprint density at radius 2 is 1.85 bits per heavy atom. The van der Waals surface area contributed by atoms with Crippen molar-refractivity contribution in [1.82, 2.24) is 14.9 Å². The van der Waals surface area contributed by atoms with Gasteiger partial charge in [0.25, 0.3) is 0 Å². The van der Waals surface area contributed by atoms with Crippen molar-refractivity contribution in [2.75, 3.05) is 26.3 Å². The molecule has 2 aliphatic rings. The van der Waals surface area contributed by atoms with Crippen molar-refractivity contribution in [1.29, 1.82) is 0 Å². The first kappa shape index (κ1) is 25.0. The second kappa shape index (κ2) is 10.5. The summed E-state index contributed by atoms with van der Waals surface area (Å²) in [4.78, 5) is 37.1. The minimum Gasteiger partial charge on any atom is -0.463 e. The van der Waals surface area contributed by atoms with E-state index in [4.69, 9.17) is 21.1 Å². The van der Waals surface area contributed by atoms with E-state index in [0.29, 0.717) is 19.5 Å². The van der Waals surface area contributed by atoms with Crippen molar-refractivity contribution >= 4 is 39.6 Å². The predicted molar refractivity (Wildman–Crippen MR) is 119 cm³/mol. The summed E-state index contributed by atoms with van der Waals surface area (Å²) in [6.45, 7) is 3.97. The Balaban J connectivity index is 1.84. The van der Waals surface area contributed by atoms with Crippen molar-refractivity contribution in [3.05, 3.63) is 40.1 Å². The maximum Gasteiger partial charge on any atom is 0.340 e. The molecule has 10 nitrogen and oxygen atoms in total. The molecule has 12 heteroatoms. The summed E-state index contributed by atoms with van der Waals surface area (Å²) in [7, 11) is -3.76. The smallest absolute Gasteiger partial charge is 0.340 e. The lowest BCUT2D eigenvalue weighted by atomic mass is 10.0. The minimum absolute atomic E-state index is 0.0146. The molecule has 33 heavy (non-hydrogen) atoms. The van der Waals surface area contributed by atoms with Crippen molar-refractivity contribution in [2.45, 2.75) is 44.0 Å². The van der Waals surface area contributed by atoms with E-state index in [1.807, 2.05) is 0 Å². The van der Waals surface area contributed by atoms with Crippen molar-refractivity contribution < 1.29 is 32.3 Å². The maximum atomic E-state index is 12.8. The molecule has 1 aromatic rings. The Hall–Kier alpha value is -2.63. The molecule has 180 valence electrons. The van der Waals surface area contributed by atoms with Crippen LogP contribution in [0.1, 0.15) is 43.5 Å². The number of sulfonamides is 1. The molecule has 2 aliphatic heterocycles. The summed E-state index contributed by atoms with van der Waals surface area (Å²) < 4.78 is 37.4. The van der Waals surface area contributed by atoms with E-state index in [1.54, 1.807) is 13.8 Å². The molecular weight excluding hydrogens is 474 g/mol. The predicted octanol–water partition coefficient (Wildman–Crippen LogP) is 2.19. The van der Waals surface area contributed by atoms with Gasteiger partial charge in [0.2, 0.25) is 10.0 Å². The van der Waals surface area contributed by atoms with Crippen LogP contribution >= 0.6 is 11.6 Å². The van der Waals surface area contributed by atoms with Gasteiger partial charge in [0.05, 0.1) is 39.4 Å². The van der Waals surface area contributed by atoms with Gasteiger partial charge in [-0.05, 0) is 44.4 Å². The molecule has 2 heterocycles. The van der Waals surface area contributed by atoms with Crippen LogP contribution in [-0.2, 0) is 24.3 Å². The van der Waals surface area contributed by atoms with E-state index < -0.39 is 40.6 Å². The lowest BCUT2D eigenvalue weighted by Crippen LogP contribution is -2.51. The van der Waals surface area contributed by atoms with Crippen LogP contribution in [0.25, 0.3) is 0 Å². The first-order valence-electron chi connectivity index (χ1n) is 10.6. The number of amides is 2. The second-order valence-electron chi connectivity index (χ2n) is 7.50. The number of carbonyl (C=O) groups is 3. The summed E-state index contributed by atoms with van der Waals surface area (Å²) in [6, 6.07) is 2.69. The summed E-state index contributed by atoms with van der Waals surface area (Å²) in [5, 5.41) is 5.12. The van der Waals surface area contributed by atoms with Gasteiger partial charge in [-0.1, -0.05) is 18.5 Å². The maximum absolute atomic E-state index is 12.8. The fourth-order valence-electron chi connectivity index (χ4n) is 3.69. The molecule has 2 N–H and O–H groups in total. The third kappa shape index (κ3) is 5.48. The Morgan fingerprint density at radius 1 is 1.15 bits per heavy atom. The molecule has 1 aromatic carbocycles. The molecule has 0 unspecified atom stereocenters. The number of ether oxygens (including phenoxy) is 2. The minimum atomic E-state index is -3.76. The van der Waals surface area contributed by atoms with Gasteiger partial charge in [0.15, 0.2) is 0 Å². The van der Waals surface area contributed by atoms with Crippen LogP contribution < -0.4 is 10.6 Å². The largest absolute Gasteiger partial charge is 0.463 e. The molecule has 0 bridgehead atoms. The number of hydrogen-bond donors (Lipinski definition) is 2. The van der Waals surface area contributed by atoms with Crippen molar-refractivity contribution in [3.63, 3.8) is 0 Å². The number of halogens is 1. The third-order valence-electron chi connectivity index (χ3n) is 5.36. The number of esters is 2. The fourth-order valence-corrected chi connectivity index (χ4v) is 5.43. The van der Waals surface area contributed by atoms with E-state index in [9.17, 15) is 22.8 Å². The molecule has 3 rings (SSSR count). The molecule has 0 spiro atoms. The van der Waals surface area contributed by atoms with Crippen LogP contribution in [0.5, 0.6) is 0 Å². The van der Waals surface area contributed by atoms with E-state index in [1.165, 1.54) is 22.5 Å². The highest BCUT2D eigenvalue weighted by molar-refractivity contribution is 7.89. The zero-order valence-electron chi connectivity index (χ0n) is 18.4. The first-order valence-corrected chi connectivity index (χ1v) is 12.4. The van der Waals surface area contributed by atoms with Crippen LogP contribution in [0.15, 0.2) is 34.4 Å². The van der Waals surface area contributed by atoms with E-state index >= 15 is 0 Å². The number of hydrogen-bond acceptors (Lipinski definition) is 7. The molecule has 0 saturated carbocycles. The van der Waals surface area contributed by atoms with Crippen LogP contribution in [-0.4, -0.2) is 63.0 Å². The molecule has 0 radical (unpaired) electrons. The van der Waals surface area contributed by atoms with Gasteiger partial charge >= 0.3 is 18.0 Å². The van der Waals surface area contributed by atoms with Crippen LogP contribution in [0.3, 0.4) is 0 Å². The second-order valence-corrected chi connectivity index (χ2v) is 9.85. The highest BCUT2D eigenvalue weighted by Gasteiger charge is 2.33. The molecule has 1 fully saturated rings. The van der Waals surface area contributed by atoms with Crippen molar-refractivity contribution in [3.8, 4) is 0 Å². The summed E-state index contributed by atoms with van der Waals surface area (Å²) in [5.41, 5.74) is 0.111. The Kier molecular flexibility index (Phi) is 7.98. The van der Waals surface area contributed by atoms with E-state index in [0.717, 1.165) is 12.8 Å². The summed E-state index contributed by atoms with van der Waals surface area (Å²) in [5.74, 6) is -1.53. The van der Waals surface area contributed by atoms with E-state index in [2.05, 4.69) is 10.6 Å². The standard InChI is InChI=1S/C21H26ClN3O7S/c1-3-16-18(20(27)31-4-2)17(24-21(28)23-16)12-32-19(26)14-11-13(7-8-15(14)22)33(29,30)25-9-5-6-10-25/h7-8,11,16H,3-6,9-10,12H2,1-2H3,(H2,23,24,28)/t16-/m0/s1. The fraction of sp³-hybridized carbons (Fsp3) is 0.476. The Morgan fingerprint density at radius 3 is 2.48 bits per heavy atom. The highest BCUT2D eigenvalue weighted by atomic mass is 35.5. The average Bonchev–Trinajstić information content (AvgIpc) is 3.33. The number of rotatable bonds is 8. The molecule has 0 aromatic heterocycles. The number of nitrogens with zero attached hydrogens (tertiary/aromatic N) is 1. The molecular formula is C21H26ClN3O7S. The molecule has 1 saturated heterocycles. The Labute approximate surface area is 197 Å². The quantitative estimate of drug-likeness (QED) is 0.524. The van der Waals surface area contributed by atoms with E-state index in [-0.39, 0.29) is 33.4 Å². The Bertz CT molecular complexity index is 1080. The van der Waals surface area contributed by atoms with Crippen LogP contribution in [0.2, 0.25) is 5.02 Å². The summed E-state index contributed by atoms with van der Waals surface area (Å²) >= 11 is 6.14. The zero-order chi connectivity index (χ0) is 24.2. The normalized spacial score (nSPS) is 19.1. The van der Waals surface area contributed by atoms with Crippen LogP contribution in [0.4, 0.5) is 4.79 Å². The summed E-state index contributed by atoms with van der Waals surface area (Å²) in [6.07, 6.45) is 1.97. The highest BCUT2D eigenvalue weighted by Crippen LogP contribution is 2.26. The number of nitrogens with one attached hydrogen (secondary N) is 2. The SMILES string of the molecule is CCOC(=O)C1=C(COC(=O)c2cc(S(=O)(=O)N3CCCC3)ccc2Cl)NC(=O)N[C@H]1CC. The van der Waals surface area contributed by atoms with Gasteiger partial charge in [0, 0.05) is 13.1 Å². The lowest BCUT2D eigenvalue weighted by Gasteiger charge is -2.28. The van der Waals surface area contributed by atoms with Gasteiger partial charge in [-0.3, -0.25) is 0 Å². The molecule has 2 amide bonds. The lowest BCUT2D eigenvalue weighted by molar-refractivity contribution is -0.139. The van der Waals surface area contributed by atoms with Crippen LogP contribution in [0, 0.1) is 0 Å². The average molecular weight is 500 g/mol. The third-order valence-corrected chi connectivity index (χ3v) is 7.58. The first-order chi connectivity index (χ1) is 15.7. The molecule has 1 atom stereocenters. The van der Waals surface area contributed by atoms with Gasteiger partial charge in [-0.15, -0.1) is 0 Å². The number of urea groups is 1. The number of carbonyl (C=O) groups excluding carboxylic acids is 3. The van der Waals surface area contributed by atoms with Gasteiger partial charge in [-0.25, -0.2) is 22.8 Å². The zero-order valence-corrected chi connectivity index (χ0v) is 19.9. The monoisotopic (exact) mass is 499 g/mol. The topological polar surface area (TPSA) is 131 Å². The van der Waals surface area contributed by atoms with Crippen molar-refractivity contribution in [2.24, 2.45) is 0 Å². The van der Waals surface area contributed by atoms with Gasteiger partial charge in [-0.2, -0.15) is 4.31 Å². The van der Waals surface area contributed by atoms with Gasteiger partial charge < -0.3 is 20.1 Å². The van der Waals surface area contributed by atoms with Gasteiger partial charge in [0.1, 0.15) is 6.61 Å².